The highest BCUT2D eigenvalue weighted by atomic mass is 16.7. The van der Waals surface area contributed by atoms with Crippen LogP contribution in [-0.2, 0) is 14.3 Å². The molecule has 0 aromatic heterocycles. The lowest BCUT2D eigenvalue weighted by Gasteiger charge is -2.38. The number of rotatable bonds is 2. The van der Waals surface area contributed by atoms with Crippen LogP contribution in [0.15, 0.2) is 0 Å². The number of hydrogen-bond donors (Lipinski definition) is 4. The molecular weight excluding hydrogens is 232 g/mol. The smallest absolute Gasteiger partial charge is 0.384 e. The van der Waals surface area contributed by atoms with Gasteiger partial charge in [0.1, 0.15) is 18.3 Å². The summed E-state index contributed by atoms with van der Waals surface area (Å²) in [6.07, 6.45) is -7.23. The highest BCUT2D eigenvalue weighted by molar-refractivity contribution is 5.88. The Kier molecular flexibility index (Phi) is 4.86. The second kappa shape index (κ2) is 5.95. The summed E-state index contributed by atoms with van der Waals surface area (Å²) < 4.78 is 9.42. The number of esters is 1. The van der Waals surface area contributed by atoms with Crippen LogP contribution in [0.1, 0.15) is 6.92 Å². The molecule has 1 fully saturated rings. The summed E-state index contributed by atoms with van der Waals surface area (Å²) in [7, 11) is 0. The lowest BCUT2D eigenvalue weighted by atomic mass is 9.99. The van der Waals surface area contributed by atoms with Crippen LogP contribution in [0.4, 0.5) is 0 Å². The van der Waals surface area contributed by atoms with E-state index in [9.17, 15) is 20.1 Å². The van der Waals surface area contributed by atoms with Gasteiger partial charge in [-0.3, -0.25) is 0 Å². The normalized spacial score (nSPS) is 36.9. The van der Waals surface area contributed by atoms with E-state index in [0.29, 0.717) is 0 Å². The van der Waals surface area contributed by atoms with Crippen LogP contribution in [0.5, 0.6) is 0 Å². The van der Waals surface area contributed by atoms with Crippen molar-refractivity contribution < 1.29 is 34.7 Å². The molecule has 0 spiro atoms. The maximum absolute atomic E-state index is 11.1. The third kappa shape index (κ3) is 3.15. The molecule has 0 amide bonds. The lowest BCUT2D eigenvalue weighted by Crippen LogP contribution is -2.59. The maximum atomic E-state index is 11.1. The average molecular weight is 246 g/mol. The molecule has 0 aromatic rings. The van der Waals surface area contributed by atoms with Crippen molar-refractivity contribution in [2.45, 2.75) is 37.6 Å². The van der Waals surface area contributed by atoms with E-state index in [0.717, 1.165) is 0 Å². The zero-order chi connectivity index (χ0) is 13.0. The number of aliphatic hydroxyl groups excluding tert-OH is 4. The third-order valence-corrected chi connectivity index (χ3v) is 2.31. The average Bonchev–Trinajstić information content (AvgIpc) is 2.29. The fourth-order valence-corrected chi connectivity index (χ4v) is 1.45. The fourth-order valence-electron chi connectivity index (χ4n) is 1.45. The molecule has 7 nitrogen and oxygen atoms in total. The van der Waals surface area contributed by atoms with Crippen molar-refractivity contribution in [2.75, 3.05) is 6.61 Å². The van der Waals surface area contributed by atoms with Gasteiger partial charge < -0.3 is 29.9 Å². The van der Waals surface area contributed by atoms with Crippen molar-refractivity contribution >= 4 is 5.97 Å². The van der Waals surface area contributed by atoms with E-state index < -0.39 is 43.3 Å². The zero-order valence-electron chi connectivity index (χ0n) is 9.11. The molecule has 1 rings (SSSR count). The minimum absolute atomic E-state index is 0.579. The van der Waals surface area contributed by atoms with Crippen molar-refractivity contribution in [3.63, 3.8) is 0 Å². The third-order valence-electron chi connectivity index (χ3n) is 2.31. The van der Waals surface area contributed by atoms with Crippen molar-refractivity contribution in [3.05, 3.63) is 0 Å². The highest BCUT2D eigenvalue weighted by Gasteiger charge is 2.45. The Morgan fingerprint density at radius 3 is 2.53 bits per heavy atom. The van der Waals surface area contributed by atoms with E-state index in [2.05, 4.69) is 16.6 Å². The predicted octanol–water partition coefficient (Wildman–Crippen LogP) is -2.65. The van der Waals surface area contributed by atoms with Crippen LogP contribution < -0.4 is 0 Å². The molecule has 7 heteroatoms. The molecule has 0 radical (unpaired) electrons. The highest BCUT2D eigenvalue weighted by Crippen LogP contribution is 2.22. The molecule has 96 valence electrons. The summed E-state index contributed by atoms with van der Waals surface area (Å²) in [5.74, 6) is 3.39. The summed E-state index contributed by atoms with van der Waals surface area (Å²) >= 11 is 0. The fraction of sp³-hybridized carbons (Fsp3) is 0.700. The largest absolute Gasteiger partial charge is 0.444 e. The van der Waals surface area contributed by atoms with Gasteiger partial charge in [0.05, 0.1) is 6.61 Å². The second-order valence-electron chi connectivity index (χ2n) is 3.47. The molecule has 0 saturated carbocycles. The van der Waals surface area contributed by atoms with E-state index in [4.69, 9.17) is 9.84 Å². The molecule has 17 heavy (non-hydrogen) atoms. The molecule has 1 aliphatic heterocycles. The number of aliphatic hydroxyl groups is 4. The van der Waals surface area contributed by atoms with E-state index in [1.807, 2.05) is 0 Å². The van der Waals surface area contributed by atoms with Gasteiger partial charge in [0.15, 0.2) is 12.4 Å². The van der Waals surface area contributed by atoms with Gasteiger partial charge in [0.25, 0.3) is 0 Å². The van der Waals surface area contributed by atoms with Crippen LogP contribution in [0, 0.1) is 11.8 Å². The number of hydrogen-bond acceptors (Lipinski definition) is 7. The first-order valence-electron chi connectivity index (χ1n) is 4.95. The van der Waals surface area contributed by atoms with Crippen LogP contribution in [0.25, 0.3) is 0 Å². The molecule has 1 heterocycles. The second-order valence-corrected chi connectivity index (χ2v) is 3.47. The Morgan fingerprint density at radius 2 is 2.00 bits per heavy atom. The van der Waals surface area contributed by atoms with Crippen molar-refractivity contribution in [2.24, 2.45) is 0 Å². The van der Waals surface area contributed by atoms with Crippen LogP contribution >= 0.6 is 0 Å². The Morgan fingerprint density at radius 1 is 1.35 bits per heavy atom. The first-order valence-corrected chi connectivity index (χ1v) is 4.95. The van der Waals surface area contributed by atoms with Crippen molar-refractivity contribution in [3.8, 4) is 11.8 Å². The lowest BCUT2D eigenvalue weighted by molar-refractivity contribution is -0.289. The maximum Gasteiger partial charge on any atom is 0.384 e. The summed E-state index contributed by atoms with van der Waals surface area (Å²) in [5.41, 5.74) is 0. The van der Waals surface area contributed by atoms with Gasteiger partial charge in [-0.2, -0.15) is 0 Å². The molecule has 0 unspecified atom stereocenters. The van der Waals surface area contributed by atoms with E-state index in [1.54, 1.807) is 0 Å². The van der Waals surface area contributed by atoms with Gasteiger partial charge in [-0.25, -0.2) is 4.79 Å². The molecule has 1 saturated heterocycles. The van der Waals surface area contributed by atoms with E-state index in [1.165, 1.54) is 6.92 Å². The van der Waals surface area contributed by atoms with Gasteiger partial charge in [-0.05, 0) is 6.92 Å². The topological polar surface area (TPSA) is 116 Å². The molecule has 0 aromatic carbocycles. The Labute approximate surface area is 97.6 Å². The summed E-state index contributed by atoms with van der Waals surface area (Å²) in [6, 6.07) is 0. The molecule has 5 atom stereocenters. The zero-order valence-corrected chi connectivity index (χ0v) is 9.11. The van der Waals surface area contributed by atoms with Crippen LogP contribution in [0.2, 0.25) is 0 Å². The Bertz CT molecular complexity index is 331. The van der Waals surface area contributed by atoms with Gasteiger partial charge >= 0.3 is 5.97 Å². The molecule has 0 aliphatic carbocycles. The minimum Gasteiger partial charge on any atom is -0.444 e. The Hall–Kier alpha value is -1.17. The van der Waals surface area contributed by atoms with Crippen molar-refractivity contribution in [1.29, 1.82) is 0 Å². The van der Waals surface area contributed by atoms with Crippen LogP contribution in [-0.4, -0.2) is 63.7 Å². The summed E-state index contributed by atoms with van der Waals surface area (Å²) in [6.45, 7) is 0.840. The quantitative estimate of drug-likeness (QED) is 0.239. The predicted molar refractivity (Wildman–Crippen MR) is 53.3 cm³/mol. The molecule has 1 aliphatic rings. The van der Waals surface area contributed by atoms with E-state index in [-0.39, 0.29) is 0 Å². The van der Waals surface area contributed by atoms with Crippen molar-refractivity contribution in [1.82, 2.24) is 0 Å². The van der Waals surface area contributed by atoms with Gasteiger partial charge in [-0.15, -0.1) is 0 Å². The van der Waals surface area contributed by atoms with Gasteiger partial charge in [0, 0.05) is 5.92 Å². The first-order chi connectivity index (χ1) is 8.01. The van der Waals surface area contributed by atoms with E-state index >= 15 is 0 Å². The Balaban J connectivity index is 2.71. The van der Waals surface area contributed by atoms with Gasteiger partial charge in [-0.1, -0.05) is 5.92 Å². The number of carbonyl (C=O) groups is 1. The van der Waals surface area contributed by atoms with Crippen LogP contribution in [0.3, 0.4) is 0 Å². The number of carbonyl (C=O) groups excluding carboxylic acids is 1. The summed E-state index contributed by atoms with van der Waals surface area (Å²) in [5, 5.41) is 37.4. The standard InChI is InChI=1S/C10H14O7/c1-2-3-6(12)17-9-8(14)7(13)5(4-11)16-10(9)15/h5,7-11,13-15H,4H2,1H3/t5-,7-,8+,9-,10-/m1/s1. The molecular formula is C10H14O7. The SMILES string of the molecule is CC#CC(=O)O[C@@H]1[C@@H](O)[C@H](O)[C@@H](CO)O[C@H]1O. The molecule has 4 N–H and O–H groups in total. The first kappa shape index (κ1) is 13.9. The van der Waals surface area contributed by atoms with Gasteiger partial charge in [0.2, 0.25) is 0 Å². The number of ether oxygens (including phenoxy) is 2. The minimum atomic E-state index is -1.63. The molecule has 0 bridgehead atoms. The monoisotopic (exact) mass is 246 g/mol. The summed E-state index contributed by atoms with van der Waals surface area (Å²) in [4.78, 5) is 11.1.